The van der Waals surface area contributed by atoms with Gasteiger partial charge >= 0.3 is 6.09 Å². The van der Waals surface area contributed by atoms with Crippen molar-refractivity contribution >= 4 is 28.7 Å². The molecule has 1 heterocycles. The van der Waals surface area contributed by atoms with Gasteiger partial charge in [-0.3, -0.25) is 4.90 Å². The molecule has 3 rings (SSSR count). The van der Waals surface area contributed by atoms with E-state index in [0.717, 1.165) is 20.4 Å². The van der Waals surface area contributed by atoms with E-state index in [2.05, 4.69) is 22.6 Å². The van der Waals surface area contributed by atoms with Gasteiger partial charge in [0.2, 0.25) is 0 Å². The van der Waals surface area contributed by atoms with E-state index in [1.54, 1.807) is 4.90 Å². The van der Waals surface area contributed by atoms with Gasteiger partial charge in [0, 0.05) is 0 Å². The van der Waals surface area contributed by atoms with E-state index in [4.69, 9.17) is 14.2 Å². The lowest BCUT2D eigenvalue weighted by molar-refractivity contribution is -0.0626. The number of ether oxygens (including phenoxy) is 3. The van der Waals surface area contributed by atoms with Crippen LogP contribution in [-0.4, -0.2) is 28.9 Å². The maximum atomic E-state index is 12.9. The van der Waals surface area contributed by atoms with Gasteiger partial charge in [0.25, 0.3) is 0 Å². The zero-order chi connectivity index (χ0) is 21.2. The van der Waals surface area contributed by atoms with E-state index in [9.17, 15) is 4.79 Å². The van der Waals surface area contributed by atoms with Gasteiger partial charge < -0.3 is 14.2 Å². The SMILES string of the molecule is CC(C)(C)OC(=O)N1[C@H](c2ccc(OCc3ccccc3)c(I)c2)COC1(C)C. The van der Waals surface area contributed by atoms with Crippen LogP contribution in [0.5, 0.6) is 5.75 Å². The number of amides is 1. The summed E-state index contributed by atoms with van der Waals surface area (Å²) in [6.07, 6.45) is -0.371. The van der Waals surface area contributed by atoms with Crippen LogP contribution in [0.15, 0.2) is 48.5 Å². The molecule has 2 aromatic carbocycles. The van der Waals surface area contributed by atoms with Crippen LogP contribution in [0.1, 0.15) is 51.8 Å². The molecule has 1 aliphatic rings. The molecule has 0 unspecified atom stereocenters. The highest BCUT2D eigenvalue weighted by Crippen LogP contribution is 2.39. The first-order valence-electron chi connectivity index (χ1n) is 9.69. The fraction of sp³-hybridized carbons (Fsp3) is 0.435. The maximum Gasteiger partial charge on any atom is 0.413 e. The van der Waals surface area contributed by atoms with Crippen molar-refractivity contribution in [2.75, 3.05) is 6.61 Å². The minimum absolute atomic E-state index is 0.212. The molecule has 1 atom stereocenters. The van der Waals surface area contributed by atoms with Gasteiger partial charge in [-0.05, 0) is 80.5 Å². The first kappa shape index (κ1) is 21.9. The first-order chi connectivity index (χ1) is 13.6. The topological polar surface area (TPSA) is 48.0 Å². The van der Waals surface area contributed by atoms with Crippen LogP contribution in [0.4, 0.5) is 4.79 Å². The molecular weight excluding hydrogens is 481 g/mol. The van der Waals surface area contributed by atoms with Gasteiger partial charge in [-0.15, -0.1) is 0 Å². The molecule has 1 fully saturated rings. The molecule has 1 saturated heterocycles. The molecule has 6 heteroatoms. The van der Waals surface area contributed by atoms with Crippen LogP contribution in [-0.2, 0) is 16.1 Å². The van der Waals surface area contributed by atoms with Gasteiger partial charge in [0.15, 0.2) is 0 Å². The molecule has 0 spiro atoms. The summed E-state index contributed by atoms with van der Waals surface area (Å²) in [4.78, 5) is 14.6. The average Bonchev–Trinajstić information content (AvgIpc) is 2.95. The second-order valence-electron chi connectivity index (χ2n) is 8.59. The summed E-state index contributed by atoms with van der Waals surface area (Å²) in [5.74, 6) is 0.820. The Morgan fingerprint density at radius 2 is 1.90 bits per heavy atom. The molecule has 0 aromatic heterocycles. The lowest BCUT2D eigenvalue weighted by Gasteiger charge is -2.35. The monoisotopic (exact) mass is 509 g/mol. The summed E-state index contributed by atoms with van der Waals surface area (Å²) in [5, 5.41) is 0. The predicted molar refractivity (Wildman–Crippen MR) is 121 cm³/mol. The summed E-state index contributed by atoms with van der Waals surface area (Å²) >= 11 is 2.27. The van der Waals surface area contributed by atoms with Crippen molar-refractivity contribution < 1.29 is 19.0 Å². The highest BCUT2D eigenvalue weighted by Gasteiger charge is 2.46. The van der Waals surface area contributed by atoms with Crippen molar-refractivity contribution in [1.29, 1.82) is 0 Å². The quantitative estimate of drug-likeness (QED) is 0.481. The first-order valence-corrected chi connectivity index (χ1v) is 10.8. The van der Waals surface area contributed by atoms with E-state index < -0.39 is 11.3 Å². The molecule has 0 saturated carbocycles. The molecule has 0 bridgehead atoms. The number of hydrogen-bond donors (Lipinski definition) is 0. The predicted octanol–water partition coefficient (Wildman–Crippen LogP) is 5.91. The normalized spacial score (nSPS) is 18.6. The number of carbonyl (C=O) groups excluding carboxylic acids is 1. The summed E-state index contributed by atoms with van der Waals surface area (Å²) < 4.78 is 18.5. The number of halogens is 1. The number of nitrogens with zero attached hydrogens (tertiary/aromatic N) is 1. The Morgan fingerprint density at radius 1 is 1.21 bits per heavy atom. The molecule has 0 aliphatic carbocycles. The lowest BCUT2D eigenvalue weighted by Crippen LogP contribution is -2.47. The Balaban J connectivity index is 1.78. The van der Waals surface area contributed by atoms with Crippen LogP contribution in [0.3, 0.4) is 0 Å². The average molecular weight is 509 g/mol. The van der Waals surface area contributed by atoms with Gasteiger partial charge in [-0.1, -0.05) is 36.4 Å². The summed E-state index contributed by atoms with van der Waals surface area (Å²) in [5.41, 5.74) is 0.817. The van der Waals surface area contributed by atoms with Gasteiger partial charge in [-0.25, -0.2) is 4.79 Å². The molecule has 1 aliphatic heterocycles. The highest BCUT2D eigenvalue weighted by atomic mass is 127. The molecule has 5 nitrogen and oxygen atoms in total. The zero-order valence-corrected chi connectivity index (χ0v) is 19.7. The van der Waals surface area contributed by atoms with Gasteiger partial charge in [-0.2, -0.15) is 0 Å². The second-order valence-corrected chi connectivity index (χ2v) is 9.75. The Labute approximate surface area is 186 Å². The number of carbonyl (C=O) groups is 1. The van der Waals surface area contributed by atoms with Crippen molar-refractivity contribution in [3.8, 4) is 5.75 Å². The van der Waals surface area contributed by atoms with Crippen LogP contribution in [0.25, 0.3) is 0 Å². The van der Waals surface area contributed by atoms with Crippen molar-refractivity contribution in [2.24, 2.45) is 0 Å². The zero-order valence-electron chi connectivity index (χ0n) is 17.6. The third kappa shape index (κ3) is 5.42. The number of benzene rings is 2. The molecule has 156 valence electrons. The smallest absolute Gasteiger partial charge is 0.413 e. The fourth-order valence-electron chi connectivity index (χ4n) is 3.28. The van der Waals surface area contributed by atoms with Crippen molar-refractivity contribution in [3.63, 3.8) is 0 Å². The van der Waals surface area contributed by atoms with Crippen molar-refractivity contribution in [2.45, 2.75) is 58.6 Å². The van der Waals surface area contributed by atoms with E-state index in [-0.39, 0.29) is 12.1 Å². The molecule has 1 amide bonds. The summed E-state index contributed by atoms with van der Waals surface area (Å²) in [6.45, 7) is 10.3. The van der Waals surface area contributed by atoms with Crippen molar-refractivity contribution in [1.82, 2.24) is 4.90 Å². The number of hydrogen-bond acceptors (Lipinski definition) is 4. The van der Waals surface area contributed by atoms with E-state index >= 15 is 0 Å². The maximum absolute atomic E-state index is 12.9. The van der Waals surface area contributed by atoms with Crippen LogP contribution in [0, 0.1) is 3.57 Å². The molecule has 0 radical (unpaired) electrons. The second kappa shape index (κ2) is 8.52. The molecule has 29 heavy (non-hydrogen) atoms. The third-order valence-corrected chi connectivity index (χ3v) is 5.50. The lowest BCUT2D eigenvalue weighted by atomic mass is 10.1. The van der Waals surface area contributed by atoms with Crippen molar-refractivity contribution in [3.05, 3.63) is 63.2 Å². The van der Waals surface area contributed by atoms with Crippen LogP contribution < -0.4 is 4.74 Å². The third-order valence-electron chi connectivity index (χ3n) is 4.65. The Hall–Kier alpha value is -1.80. The molecule has 2 aromatic rings. The number of rotatable bonds is 4. The highest BCUT2D eigenvalue weighted by molar-refractivity contribution is 14.1. The molecule has 0 N–H and O–H groups in total. The van der Waals surface area contributed by atoms with Crippen LogP contribution >= 0.6 is 22.6 Å². The van der Waals surface area contributed by atoms with Gasteiger partial charge in [0.1, 0.15) is 23.7 Å². The Morgan fingerprint density at radius 3 is 2.52 bits per heavy atom. The van der Waals surface area contributed by atoms with Crippen LogP contribution in [0.2, 0.25) is 0 Å². The fourth-order valence-corrected chi connectivity index (χ4v) is 3.98. The summed E-state index contributed by atoms with van der Waals surface area (Å²) in [6, 6.07) is 15.9. The Bertz CT molecular complexity index is 861. The van der Waals surface area contributed by atoms with E-state index in [1.165, 1.54) is 0 Å². The standard InChI is InChI=1S/C23H28INO4/c1-22(2,3)29-21(26)25-19(15-28-23(25,4)5)17-11-12-20(18(24)13-17)27-14-16-9-7-6-8-10-16/h6-13,19H,14-15H2,1-5H3/t19-/m0/s1. The minimum atomic E-state index is -0.735. The summed E-state index contributed by atoms with van der Waals surface area (Å²) in [7, 11) is 0. The molecular formula is C23H28INO4. The Kier molecular flexibility index (Phi) is 6.43. The largest absolute Gasteiger partial charge is 0.488 e. The van der Waals surface area contributed by atoms with E-state index in [0.29, 0.717) is 13.2 Å². The van der Waals surface area contributed by atoms with Gasteiger partial charge in [0.05, 0.1) is 16.2 Å². The minimum Gasteiger partial charge on any atom is -0.488 e. The van der Waals surface area contributed by atoms with E-state index in [1.807, 2.05) is 83.1 Å².